The lowest BCUT2D eigenvalue weighted by Crippen LogP contribution is -2.57. The van der Waals surface area contributed by atoms with Gasteiger partial charge >= 0.3 is 0 Å². The fraction of sp³-hybridized carbons (Fsp3) is 0.500. The summed E-state index contributed by atoms with van der Waals surface area (Å²) in [5, 5.41) is 16.4. The first kappa shape index (κ1) is 27.1. The Morgan fingerprint density at radius 3 is 2.49 bits per heavy atom. The number of ether oxygens (including phenoxy) is 2. The van der Waals surface area contributed by atoms with E-state index >= 15 is 0 Å². The number of aliphatic hydroxyl groups is 1. The van der Waals surface area contributed by atoms with Crippen molar-refractivity contribution in [2.45, 2.75) is 62.8 Å². The average Bonchev–Trinajstić information content (AvgIpc) is 3.52. The largest absolute Gasteiger partial charge is 0.497 e. The number of hydrogen-bond donors (Lipinski definition) is 3. The van der Waals surface area contributed by atoms with Crippen LogP contribution >= 0.6 is 0 Å². The molecule has 9 nitrogen and oxygen atoms in total. The highest BCUT2D eigenvalue weighted by molar-refractivity contribution is 6.04. The Labute approximate surface area is 228 Å². The van der Waals surface area contributed by atoms with Gasteiger partial charge in [0, 0.05) is 12.2 Å². The zero-order valence-electron chi connectivity index (χ0n) is 22.7. The van der Waals surface area contributed by atoms with Crippen LogP contribution in [0.1, 0.15) is 38.7 Å². The van der Waals surface area contributed by atoms with Gasteiger partial charge in [-0.1, -0.05) is 37.3 Å². The van der Waals surface area contributed by atoms with Gasteiger partial charge in [0.25, 0.3) is 0 Å². The molecule has 2 unspecified atom stereocenters. The molecule has 0 radical (unpaired) electrons. The molecule has 2 aromatic carbocycles. The number of anilines is 1. The van der Waals surface area contributed by atoms with Crippen LogP contribution in [-0.4, -0.2) is 71.3 Å². The van der Waals surface area contributed by atoms with Crippen LogP contribution in [0.2, 0.25) is 0 Å². The second kappa shape index (κ2) is 10.6. The van der Waals surface area contributed by atoms with E-state index in [1.807, 2.05) is 44.2 Å². The molecule has 5 rings (SSSR count). The van der Waals surface area contributed by atoms with E-state index in [2.05, 4.69) is 10.6 Å². The molecule has 3 N–H and O–H groups in total. The Morgan fingerprint density at radius 2 is 1.85 bits per heavy atom. The molecular weight excluding hydrogens is 498 g/mol. The number of amides is 3. The maximum atomic E-state index is 14.3. The van der Waals surface area contributed by atoms with Gasteiger partial charge in [0.2, 0.25) is 17.7 Å². The third-order valence-electron chi connectivity index (χ3n) is 8.57. The molecule has 3 aliphatic rings. The summed E-state index contributed by atoms with van der Waals surface area (Å²) < 4.78 is 11.9. The molecule has 208 valence electrons. The number of nitrogens with zero attached hydrogens (tertiary/aromatic N) is 1. The first-order chi connectivity index (χ1) is 18.8. The van der Waals surface area contributed by atoms with Crippen molar-refractivity contribution < 1.29 is 29.0 Å². The number of carbonyl (C=O) groups is 3. The second-order valence-electron chi connectivity index (χ2n) is 11.0. The van der Waals surface area contributed by atoms with Gasteiger partial charge in [0.05, 0.1) is 37.2 Å². The predicted octanol–water partition coefficient (Wildman–Crippen LogP) is 2.53. The summed E-state index contributed by atoms with van der Waals surface area (Å²) >= 11 is 0. The van der Waals surface area contributed by atoms with Crippen LogP contribution in [0.3, 0.4) is 0 Å². The average molecular weight is 536 g/mol. The number of carbonyl (C=O) groups excluding carboxylic acids is 3. The minimum absolute atomic E-state index is 0.223. The molecule has 1 spiro atoms. The lowest BCUT2D eigenvalue weighted by atomic mass is 9.66. The van der Waals surface area contributed by atoms with E-state index < -0.39 is 41.0 Å². The SMILES string of the molecule is CCCNC(=O)[C@H]1[C@H]2C(=O)N([C@@H](CO)Cc3ccccc3)C(C(=O)Nc3ccc(OC)cc3)C23CC[C@]1(C)O3. The molecule has 0 aliphatic carbocycles. The van der Waals surface area contributed by atoms with Crippen molar-refractivity contribution in [3.05, 3.63) is 60.2 Å². The van der Waals surface area contributed by atoms with Crippen molar-refractivity contribution >= 4 is 23.4 Å². The van der Waals surface area contributed by atoms with E-state index in [4.69, 9.17) is 9.47 Å². The minimum atomic E-state index is -1.17. The molecule has 9 heteroatoms. The van der Waals surface area contributed by atoms with Crippen LogP contribution in [0.4, 0.5) is 5.69 Å². The van der Waals surface area contributed by atoms with Gasteiger partial charge in [-0.15, -0.1) is 0 Å². The summed E-state index contributed by atoms with van der Waals surface area (Å²) in [5.74, 6) is -1.83. The van der Waals surface area contributed by atoms with Gasteiger partial charge in [-0.3, -0.25) is 14.4 Å². The van der Waals surface area contributed by atoms with E-state index in [0.29, 0.717) is 37.2 Å². The molecule has 0 saturated carbocycles. The summed E-state index contributed by atoms with van der Waals surface area (Å²) in [4.78, 5) is 43.3. The van der Waals surface area contributed by atoms with Crippen molar-refractivity contribution in [3.63, 3.8) is 0 Å². The normalized spacial score (nSPS) is 29.7. The highest BCUT2D eigenvalue weighted by Gasteiger charge is 2.78. The zero-order valence-corrected chi connectivity index (χ0v) is 22.7. The van der Waals surface area contributed by atoms with E-state index in [0.717, 1.165) is 12.0 Å². The molecule has 2 bridgehead atoms. The molecule has 3 saturated heterocycles. The Morgan fingerprint density at radius 1 is 1.13 bits per heavy atom. The number of methoxy groups -OCH3 is 1. The monoisotopic (exact) mass is 535 g/mol. The van der Waals surface area contributed by atoms with Crippen LogP contribution in [0, 0.1) is 11.8 Å². The van der Waals surface area contributed by atoms with Crippen molar-refractivity contribution in [1.29, 1.82) is 0 Å². The van der Waals surface area contributed by atoms with Gasteiger partial charge in [-0.2, -0.15) is 0 Å². The number of benzene rings is 2. The lowest BCUT2D eigenvalue weighted by Gasteiger charge is -2.37. The maximum Gasteiger partial charge on any atom is 0.250 e. The van der Waals surface area contributed by atoms with Crippen molar-refractivity contribution in [2.75, 3.05) is 25.6 Å². The summed E-state index contributed by atoms with van der Waals surface area (Å²) in [6.07, 6.45) is 2.16. The molecule has 3 aliphatic heterocycles. The van der Waals surface area contributed by atoms with Crippen LogP contribution in [0.5, 0.6) is 5.75 Å². The molecule has 0 aromatic heterocycles. The smallest absolute Gasteiger partial charge is 0.250 e. The highest BCUT2D eigenvalue weighted by atomic mass is 16.5. The van der Waals surface area contributed by atoms with Crippen LogP contribution in [0.15, 0.2) is 54.6 Å². The predicted molar refractivity (Wildman–Crippen MR) is 145 cm³/mol. The highest BCUT2D eigenvalue weighted by Crippen LogP contribution is 2.63. The molecule has 3 fully saturated rings. The van der Waals surface area contributed by atoms with E-state index in [1.54, 1.807) is 31.4 Å². The fourth-order valence-electron chi connectivity index (χ4n) is 6.84. The van der Waals surface area contributed by atoms with Gasteiger partial charge in [0.15, 0.2) is 0 Å². The number of rotatable bonds is 10. The van der Waals surface area contributed by atoms with Crippen molar-refractivity contribution in [2.24, 2.45) is 11.8 Å². The minimum Gasteiger partial charge on any atom is -0.497 e. The van der Waals surface area contributed by atoms with E-state index in [-0.39, 0.29) is 18.4 Å². The van der Waals surface area contributed by atoms with Gasteiger partial charge in [-0.25, -0.2) is 0 Å². The summed E-state index contributed by atoms with van der Waals surface area (Å²) in [7, 11) is 1.57. The molecular formula is C30H37N3O6. The molecule has 39 heavy (non-hydrogen) atoms. The Kier molecular flexibility index (Phi) is 7.39. The number of aliphatic hydroxyl groups excluding tert-OH is 1. The van der Waals surface area contributed by atoms with Gasteiger partial charge < -0.3 is 30.1 Å². The van der Waals surface area contributed by atoms with Crippen LogP contribution in [0.25, 0.3) is 0 Å². The summed E-state index contributed by atoms with van der Waals surface area (Å²) in [6, 6.07) is 14.8. The topological polar surface area (TPSA) is 117 Å². The standard InChI is InChI=1S/C30H37N3O6/c1-4-16-31-26(35)23-24-28(37)33(21(18-34)17-19-8-6-5-7-9-19)25(30(24)15-14-29(23,2)39-30)27(36)32-20-10-12-22(38-3)13-11-20/h5-13,21,23-25,34H,4,14-18H2,1-3H3,(H,31,35)(H,32,36)/t21-,23-,24+,25?,29+,30?/m1/s1. The van der Waals surface area contributed by atoms with E-state index in [9.17, 15) is 19.5 Å². The summed E-state index contributed by atoms with van der Waals surface area (Å²) in [6.45, 7) is 4.01. The van der Waals surface area contributed by atoms with Crippen molar-refractivity contribution in [3.8, 4) is 5.75 Å². The zero-order chi connectivity index (χ0) is 27.8. The second-order valence-corrected chi connectivity index (χ2v) is 11.0. The Balaban J connectivity index is 1.54. The lowest BCUT2D eigenvalue weighted by molar-refractivity contribution is -0.147. The quantitative estimate of drug-likeness (QED) is 0.431. The number of nitrogens with one attached hydrogen (secondary N) is 2. The van der Waals surface area contributed by atoms with Gasteiger partial charge in [-0.05, 0) is 62.4 Å². The van der Waals surface area contributed by atoms with Crippen molar-refractivity contribution in [1.82, 2.24) is 10.2 Å². The number of likely N-dealkylation sites (tertiary alicyclic amines) is 1. The third-order valence-corrected chi connectivity index (χ3v) is 8.57. The molecule has 6 atom stereocenters. The molecule has 2 aromatic rings. The Hall–Kier alpha value is -3.43. The Bertz CT molecular complexity index is 1220. The first-order valence-corrected chi connectivity index (χ1v) is 13.7. The van der Waals surface area contributed by atoms with E-state index in [1.165, 1.54) is 4.90 Å². The van der Waals surface area contributed by atoms with Crippen LogP contribution < -0.4 is 15.4 Å². The third kappa shape index (κ3) is 4.57. The maximum absolute atomic E-state index is 14.3. The number of fused-ring (bicyclic) bond motifs is 1. The molecule has 3 amide bonds. The van der Waals surface area contributed by atoms with Gasteiger partial charge in [0.1, 0.15) is 17.4 Å². The fourth-order valence-corrected chi connectivity index (χ4v) is 6.84. The number of hydrogen-bond acceptors (Lipinski definition) is 6. The molecule has 3 heterocycles. The van der Waals surface area contributed by atoms with Crippen LogP contribution in [-0.2, 0) is 25.5 Å². The first-order valence-electron chi connectivity index (χ1n) is 13.7. The summed E-state index contributed by atoms with van der Waals surface area (Å²) in [5.41, 5.74) is -0.534.